The Balaban J connectivity index is 2.62. The summed E-state index contributed by atoms with van der Waals surface area (Å²) in [6, 6.07) is 0. The van der Waals surface area contributed by atoms with E-state index in [9.17, 15) is 4.79 Å². The predicted molar refractivity (Wildman–Crippen MR) is 46.3 cm³/mol. The first-order valence-electron chi connectivity index (χ1n) is 4.07. The van der Waals surface area contributed by atoms with Gasteiger partial charge in [0, 0.05) is 12.3 Å². The quantitative estimate of drug-likeness (QED) is 0.553. The topological polar surface area (TPSA) is 17.1 Å². The summed E-state index contributed by atoms with van der Waals surface area (Å²) in [6.45, 7) is 7.53. The summed E-state index contributed by atoms with van der Waals surface area (Å²) >= 11 is 0. The van der Waals surface area contributed by atoms with Gasteiger partial charge in [0.1, 0.15) is 5.78 Å². The van der Waals surface area contributed by atoms with Crippen LogP contribution in [0.1, 0.15) is 25.7 Å². The molecule has 0 amide bonds. The van der Waals surface area contributed by atoms with Gasteiger partial charge in [-0.25, -0.2) is 0 Å². The van der Waals surface area contributed by atoms with Crippen molar-refractivity contribution in [1.82, 2.24) is 0 Å². The van der Waals surface area contributed by atoms with Gasteiger partial charge in [0.15, 0.2) is 0 Å². The molecule has 60 valence electrons. The summed E-state index contributed by atoms with van der Waals surface area (Å²) in [7, 11) is 0. The van der Waals surface area contributed by atoms with E-state index in [1.54, 1.807) is 6.08 Å². The van der Waals surface area contributed by atoms with E-state index in [4.69, 9.17) is 0 Å². The van der Waals surface area contributed by atoms with Crippen LogP contribution in [0.3, 0.4) is 0 Å². The van der Waals surface area contributed by atoms with Crippen molar-refractivity contribution >= 4 is 5.78 Å². The largest absolute Gasteiger partial charge is 0.299 e. The number of rotatable bonds is 2. The lowest BCUT2D eigenvalue weighted by molar-refractivity contribution is -0.122. The van der Waals surface area contributed by atoms with E-state index in [1.165, 1.54) is 0 Å². The highest BCUT2D eigenvalue weighted by Crippen LogP contribution is 2.27. The fourth-order valence-electron chi connectivity index (χ4n) is 1.53. The average Bonchev–Trinajstić information content (AvgIpc) is 1.97. The van der Waals surface area contributed by atoms with Gasteiger partial charge in [-0.1, -0.05) is 18.2 Å². The zero-order valence-electron chi connectivity index (χ0n) is 6.81. The molecule has 0 saturated heterocycles. The molecule has 0 aromatic carbocycles. The molecule has 0 spiro atoms. The van der Waals surface area contributed by atoms with Crippen LogP contribution in [0, 0.1) is 5.92 Å². The number of ketones is 1. The minimum Gasteiger partial charge on any atom is -0.299 e. The Kier molecular flexibility index (Phi) is 2.64. The van der Waals surface area contributed by atoms with E-state index in [0.717, 1.165) is 31.3 Å². The van der Waals surface area contributed by atoms with Gasteiger partial charge in [-0.15, -0.1) is 6.58 Å². The molecule has 11 heavy (non-hydrogen) atoms. The molecule has 1 aliphatic carbocycles. The van der Waals surface area contributed by atoms with Crippen molar-refractivity contribution in [2.45, 2.75) is 25.7 Å². The third kappa shape index (κ3) is 1.79. The highest BCUT2D eigenvalue weighted by atomic mass is 16.1. The molecule has 1 saturated carbocycles. The normalized spacial score (nSPS) is 25.3. The summed E-state index contributed by atoms with van der Waals surface area (Å²) in [5.74, 6) is 0.433. The van der Waals surface area contributed by atoms with Crippen molar-refractivity contribution in [2.75, 3.05) is 0 Å². The predicted octanol–water partition coefficient (Wildman–Crippen LogP) is 2.49. The third-order valence-electron chi connectivity index (χ3n) is 2.20. The highest BCUT2D eigenvalue weighted by Gasteiger charge is 2.23. The molecule has 1 fully saturated rings. The Morgan fingerprint density at radius 3 is 2.82 bits per heavy atom. The van der Waals surface area contributed by atoms with Crippen LogP contribution < -0.4 is 0 Å². The number of hydrogen-bond donors (Lipinski definition) is 0. The Morgan fingerprint density at radius 2 is 2.27 bits per heavy atom. The second-order valence-corrected chi connectivity index (χ2v) is 3.06. The zero-order valence-corrected chi connectivity index (χ0v) is 6.81. The van der Waals surface area contributed by atoms with Crippen LogP contribution in [-0.2, 0) is 4.79 Å². The van der Waals surface area contributed by atoms with Crippen LogP contribution >= 0.6 is 0 Å². The van der Waals surface area contributed by atoms with Crippen molar-refractivity contribution in [3.05, 3.63) is 24.8 Å². The Morgan fingerprint density at radius 1 is 1.55 bits per heavy atom. The fraction of sp³-hybridized carbons (Fsp3) is 0.500. The highest BCUT2D eigenvalue weighted by molar-refractivity contribution is 5.84. The maximum Gasteiger partial charge on any atom is 0.140 e. The van der Waals surface area contributed by atoms with E-state index < -0.39 is 0 Å². The lowest BCUT2D eigenvalue weighted by Gasteiger charge is -2.21. The molecule has 0 radical (unpaired) electrons. The number of allylic oxidation sites excluding steroid dienone is 2. The van der Waals surface area contributed by atoms with Gasteiger partial charge in [0.05, 0.1) is 0 Å². The first-order valence-corrected chi connectivity index (χ1v) is 4.07. The third-order valence-corrected chi connectivity index (χ3v) is 2.20. The molecule has 1 aliphatic rings. The van der Waals surface area contributed by atoms with Crippen LogP contribution in [0.2, 0.25) is 0 Å². The minimum absolute atomic E-state index is 0.0845. The lowest BCUT2D eigenvalue weighted by Crippen LogP contribution is -2.20. The molecule has 0 bridgehead atoms. The second-order valence-electron chi connectivity index (χ2n) is 3.06. The molecule has 1 rings (SSSR count). The van der Waals surface area contributed by atoms with Crippen LogP contribution in [0.15, 0.2) is 24.8 Å². The second kappa shape index (κ2) is 3.51. The molecule has 1 unspecified atom stereocenters. The molecule has 0 heterocycles. The molecule has 0 N–H and O–H groups in total. The molecular formula is C10H14O. The standard InChI is InChI=1S/C10H14O/c1-3-5-9-8(2)6-4-7-10(9)11/h3,9H,1-2,4-7H2. The molecule has 0 aliphatic heterocycles. The first-order chi connectivity index (χ1) is 5.25. The summed E-state index contributed by atoms with van der Waals surface area (Å²) in [4.78, 5) is 11.3. The van der Waals surface area contributed by atoms with Crippen molar-refractivity contribution in [3.8, 4) is 0 Å². The molecular weight excluding hydrogens is 136 g/mol. The summed E-state index contributed by atoms with van der Waals surface area (Å²) in [5.41, 5.74) is 1.10. The molecule has 1 atom stereocenters. The van der Waals surface area contributed by atoms with E-state index in [-0.39, 0.29) is 5.92 Å². The Hall–Kier alpha value is -0.850. The van der Waals surface area contributed by atoms with Crippen LogP contribution in [-0.4, -0.2) is 5.78 Å². The van der Waals surface area contributed by atoms with Gasteiger partial charge in [-0.05, 0) is 19.3 Å². The van der Waals surface area contributed by atoms with Crippen molar-refractivity contribution in [2.24, 2.45) is 5.92 Å². The average molecular weight is 150 g/mol. The van der Waals surface area contributed by atoms with E-state index in [1.807, 2.05) is 0 Å². The molecule has 1 nitrogen and oxygen atoms in total. The Bertz CT molecular complexity index is 175. The van der Waals surface area contributed by atoms with Crippen molar-refractivity contribution < 1.29 is 4.79 Å². The van der Waals surface area contributed by atoms with Gasteiger partial charge in [0.25, 0.3) is 0 Å². The minimum atomic E-state index is 0.0845. The smallest absolute Gasteiger partial charge is 0.140 e. The van der Waals surface area contributed by atoms with Crippen LogP contribution in [0.5, 0.6) is 0 Å². The summed E-state index contributed by atoms with van der Waals surface area (Å²) in [5, 5.41) is 0. The van der Waals surface area contributed by atoms with Crippen LogP contribution in [0.25, 0.3) is 0 Å². The SMILES string of the molecule is C=CCC1C(=C)CCCC1=O. The van der Waals surface area contributed by atoms with E-state index >= 15 is 0 Å². The maximum absolute atomic E-state index is 11.3. The van der Waals surface area contributed by atoms with Crippen molar-refractivity contribution in [1.29, 1.82) is 0 Å². The maximum atomic E-state index is 11.3. The first kappa shape index (κ1) is 8.25. The zero-order chi connectivity index (χ0) is 8.27. The van der Waals surface area contributed by atoms with E-state index in [2.05, 4.69) is 13.2 Å². The van der Waals surface area contributed by atoms with Gasteiger partial charge in [0.2, 0.25) is 0 Å². The number of Topliss-reactive ketones (excluding diaryl/α,β-unsaturated/α-hetero) is 1. The monoisotopic (exact) mass is 150 g/mol. The summed E-state index contributed by atoms with van der Waals surface area (Å²) < 4.78 is 0. The van der Waals surface area contributed by atoms with E-state index in [0.29, 0.717) is 5.78 Å². The van der Waals surface area contributed by atoms with Gasteiger partial charge in [-0.3, -0.25) is 4.79 Å². The van der Waals surface area contributed by atoms with Crippen molar-refractivity contribution in [3.63, 3.8) is 0 Å². The molecule has 1 heteroatoms. The van der Waals surface area contributed by atoms with Gasteiger partial charge in [-0.2, -0.15) is 0 Å². The van der Waals surface area contributed by atoms with Gasteiger partial charge < -0.3 is 0 Å². The lowest BCUT2D eigenvalue weighted by atomic mass is 9.82. The summed E-state index contributed by atoms with van der Waals surface area (Å²) in [6.07, 6.45) is 5.32. The molecule has 0 aromatic heterocycles. The fourth-order valence-corrected chi connectivity index (χ4v) is 1.53. The van der Waals surface area contributed by atoms with Gasteiger partial charge >= 0.3 is 0 Å². The van der Waals surface area contributed by atoms with Crippen LogP contribution in [0.4, 0.5) is 0 Å². The molecule has 0 aromatic rings. The Labute approximate surface area is 67.8 Å². The number of hydrogen-bond acceptors (Lipinski definition) is 1. The number of carbonyl (C=O) groups is 1. The number of carbonyl (C=O) groups excluding carboxylic acids is 1.